The molecule has 1 aliphatic rings. The summed E-state index contributed by atoms with van der Waals surface area (Å²) in [6.45, 7) is 8.19. The van der Waals surface area contributed by atoms with Gasteiger partial charge in [-0.15, -0.1) is 0 Å². The van der Waals surface area contributed by atoms with Crippen molar-refractivity contribution in [3.8, 4) is 0 Å². The molecule has 114 valence electrons. The number of amides is 1. The van der Waals surface area contributed by atoms with Crippen LogP contribution in [0.15, 0.2) is 12.1 Å². The first kappa shape index (κ1) is 15.3. The Morgan fingerprint density at radius 2 is 2.00 bits per heavy atom. The van der Waals surface area contributed by atoms with E-state index in [1.807, 2.05) is 6.92 Å². The van der Waals surface area contributed by atoms with Crippen molar-refractivity contribution in [2.75, 3.05) is 10.6 Å². The fraction of sp³-hybridized carbons (Fsp3) is 0.533. The predicted molar refractivity (Wildman–Crippen MR) is 82.6 cm³/mol. The van der Waals surface area contributed by atoms with Gasteiger partial charge in [-0.3, -0.25) is 14.9 Å². The second-order valence-electron chi connectivity index (χ2n) is 6.56. The molecule has 0 bridgehead atoms. The molecular formula is C15H21N3O3. The molecule has 2 N–H and O–H groups in total. The Bertz CT molecular complexity index is 591. The largest absolute Gasteiger partial charge is 0.376 e. The molecule has 0 saturated carbocycles. The van der Waals surface area contributed by atoms with Gasteiger partial charge in [-0.2, -0.15) is 0 Å². The number of nitrogens with zero attached hydrogens (tertiary/aromatic N) is 1. The van der Waals surface area contributed by atoms with Gasteiger partial charge in [-0.1, -0.05) is 20.8 Å². The van der Waals surface area contributed by atoms with Crippen LogP contribution >= 0.6 is 0 Å². The Morgan fingerprint density at radius 1 is 1.33 bits per heavy atom. The lowest BCUT2D eigenvalue weighted by Gasteiger charge is -2.29. The number of anilines is 2. The molecule has 1 aliphatic heterocycles. The fourth-order valence-corrected chi connectivity index (χ4v) is 2.13. The van der Waals surface area contributed by atoms with Gasteiger partial charge >= 0.3 is 0 Å². The quantitative estimate of drug-likeness (QED) is 0.661. The molecule has 1 unspecified atom stereocenters. The zero-order chi connectivity index (χ0) is 15.8. The van der Waals surface area contributed by atoms with Crippen molar-refractivity contribution in [2.24, 2.45) is 5.41 Å². The lowest BCUT2D eigenvalue weighted by molar-refractivity contribution is -0.384. The molecule has 0 aliphatic carbocycles. The molecule has 0 spiro atoms. The summed E-state index contributed by atoms with van der Waals surface area (Å²) >= 11 is 0. The van der Waals surface area contributed by atoms with Crippen molar-refractivity contribution in [1.82, 2.24) is 0 Å². The topological polar surface area (TPSA) is 84.3 Å². The highest BCUT2D eigenvalue weighted by Gasteiger charge is 2.26. The Labute approximate surface area is 124 Å². The second kappa shape index (κ2) is 5.35. The summed E-state index contributed by atoms with van der Waals surface area (Å²) in [5.74, 6) is -0.0498. The van der Waals surface area contributed by atoms with E-state index in [-0.39, 0.29) is 28.0 Å². The fourth-order valence-electron chi connectivity index (χ4n) is 2.13. The molecule has 0 fully saturated rings. The van der Waals surface area contributed by atoms with Crippen molar-refractivity contribution in [1.29, 1.82) is 0 Å². The molecule has 1 aromatic rings. The highest BCUT2D eigenvalue weighted by Crippen LogP contribution is 2.35. The molecule has 0 aromatic heterocycles. The monoisotopic (exact) mass is 291 g/mol. The molecule has 0 saturated heterocycles. The van der Waals surface area contributed by atoms with Gasteiger partial charge in [0, 0.05) is 24.2 Å². The molecule has 0 radical (unpaired) electrons. The van der Waals surface area contributed by atoms with E-state index < -0.39 is 0 Å². The summed E-state index contributed by atoms with van der Waals surface area (Å²) in [7, 11) is 0. The molecule has 1 amide bonds. The van der Waals surface area contributed by atoms with Crippen LogP contribution in [0.25, 0.3) is 0 Å². The lowest BCUT2D eigenvalue weighted by Crippen LogP contribution is -2.31. The second-order valence-corrected chi connectivity index (χ2v) is 6.56. The minimum atomic E-state index is -0.381. The lowest BCUT2D eigenvalue weighted by atomic mass is 9.88. The maximum absolute atomic E-state index is 11.5. The first-order valence-corrected chi connectivity index (χ1v) is 7.06. The van der Waals surface area contributed by atoms with Gasteiger partial charge in [0.15, 0.2) is 0 Å². The van der Waals surface area contributed by atoms with E-state index in [4.69, 9.17) is 0 Å². The first-order chi connectivity index (χ1) is 9.68. The zero-order valence-corrected chi connectivity index (χ0v) is 12.8. The minimum Gasteiger partial charge on any atom is -0.376 e. The zero-order valence-electron chi connectivity index (χ0n) is 12.8. The predicted octanol–water partition coefficient (Wildman–Crippen LogP) is 3.33. The van der Waals surface area contributed by atoms with Crippen molar-refractivity contribution in [3.63, 3.8) is 0 Å². The normalized spacial score (nSPS) is 15.9. The van der Waals surface area contributed by atoms with E-state index in [1.54, 1.807) is 12.1 Å². The van der Waals surface area contributed by atoms with Gasteiger partial charge in [-0.25, -0.2) is 0 Å². The van der Waals surface area contributed by atoms with E-state index in [1.165, 1.54) is 0 Å². The number of aryl methyl sites for hydroxylation is 1. The van der Waals surface area contributed by atoms with Gasteiger partial charge in [0.2, 0.25) is 5.91 Å². The van der Waals surface area contributed by atoms with Gasteiger partial charge < -0.3 is 10.6 Å². The number of carbonyl (C=O) groups is 1. The molecule has 1 atom stereocenters. The molecule has 1 heterocycles. The standard InChI is InChI=1S/C15H21N3O3/c1-9(15(2,3)4)16-12-8-11-10(5-6-14(19)17-11)7-13(12)18(20)21/h7-9,16H,5-6H2,1-4H3,(H,17,19). The van der Waals surface area contributed by atoms with Crippen LogP contribution in [0.4, 0.5) is 17.1 Å². The summed E-state index contributed by atoms with van der Waals surface area (Å²) in [6.07, 6.45) is 0.909. The Morgan fingerprint density at radius 3 is 2.57 bits per heavy atom. The van der Waals surface area contributed by atoms with Crippen LogP contribution in [-0.2, 0) is 11.2 Å². The van der Waals surface area contributed by atoms with E-state index in [9.17, 15) is 14.9 Å². The number of nitro benzene ring substituents is 1. The first-order valence-electron chi connectivity index (χ1n) is 7.06. The van der Waals surface area contributed by atoms with Crippen molar-refractivity contribution in [3.05, 3.63) is 27.8 Å². The third kappa shape index (κ3) is 3.32. The van der Waals surface area contributed by atoms with Gasteiger partial charge in [0.1, 0.15) is 5.69 Å². The van der Waals surface area contributed by atoms with Crippen LogP contribution < -0.4 is 10.6 Å². The van der Waals surface area contributed by atoms with Crippen LogP contribution in [0.3, 0.4) is 0 Å². The Balaban J connectivity index is 2.41. The molecule has 21 heavy (non-hydrogen) atoms. The molecule has 1 aromatic carbocycles. The highest BCUT2D eigenvalue weighted by atomic mass is 16.6. The van der Waals surface area contributed by atoms with E-state index >= 15 is 0 Å². The van der Waals surface area contributed by atoms with Crippen LogP contribution in [0.1, 0.15) is 39.7 Å². The number of benzene rings is 1. The van der Waals surface area contributed by atoms with Crippen molar-refractivity contribution in [2.45, 2.75) is 46.6 Å². The van der Waals surface area contributed by atoms with Gasteiger partial charge in [0.05, 0.1) is 4.92 Å². The average Bonchev–Trinajstić information content (AvgIpc) is 2.36. The molecule has 6 heteroatoms. The van der Waals surface area contributed by atoms with E-state index in [2.05, 4.69) is 31.4 Å². The third-order valence-corrected chi connectivity index (χ3v) is 3.98. The maximum Gasteiger partial charge on any atom is 0.292 e. The Kier molecular flexibility index (Phi) is 3.89. The summed E-state index contributed by atoms with van der Waals surface area (Å²) in [4.78, 5) is 22.4. The summed E-state index contributed by atoms with van der Waals surface area (Å²) < 4.78 is 0. The van der Waals surface area contributed by atoms with Crippen LogP contribution in [-0.4, -0.2) is 16.9 Å². The number of nitrogens with one attached hydrogen (secondary N) is 2. The Hall–Kier alpha value is -2.11. The number of rotatable bonds is 3. The SMILES string of the molecule is CC(Nc1cc2c(cc1[N+](=O)[O-])CCC(=O)N2)C(C)(C)C. The molecule has 6 nitrogen and oxygen atoms in total. The van der Waals surface area contributed by atoms with Crippen molar-refractivity contribution < 1.29 is 9.72 Å². The number of hydrogen-bond donors (Lipinski definition) is 2. The maximum atomic E-state index is 11.5. The minimum absolute atomic E-state index is 0.0347. The number of hydrogen-bond acceptors (Lipinski definition) is 4. The number of carbonyl (C=O) groups excluding carboxylic acids is 1. The van der Waals surface area contributed by atoms with Crippen LogP contribution in [0.2, 0.25) is 0 Å². The van der Waals surface area contributed by atoms with Crippen LogP contribution in [0, 0.1) is 15.5 Å². The van der Waals surface area contributed by atoms with Crippen molar-refractivity contribution >= 4 is 23.0 Å². The third-order valence-electron chi connectivity index (χ3n) is 3.98. The molecular weight excluding hydrogens is 270 g/mol. The summed E-state index contributed by atoms with van der Waals surface area (Å²) in [6, 6.07) is 3.28. The van der Waals surface area contributed by atoms with Crippen LogP contribution in [0.5, 0.6) is 0 Å². The number of nitro groups is 1. The average molecular weight is 291 g/mol. The van der Waals surface area contributed by atoms with E-state index in [0.29, 0.717) is 24.2 Å². The summed E-state index contributed by atoms with van der Waals surface area (Å²) in [5.41, 5.74) is 1.95. The highest BCUT2D eigenvalue weighted by molar-refractivity contribution is 5.95. The summed E-state index contributed by atoms with van der Waals surface area (Å²) in [5, 5.41) is 17.3. The van der Waals surface area contributed by atoms with Gasteiger partial charge in [0.25, 0.3) is 5.69 Å². The van der Waals surface area contributed by atoms with E-state index in [0.717, 1.165) is 5.56 Å². The molecule has 2 rings (SSSR count). The van der Waals surface area contributed by atoms with Gasteiger partial charge in [-0.05, 0) is 30.4 Å². The number of fused-ring (bicyclic) bond motifs is 1. The smallest absolute Gasteiger partial charge is 0.292 e.